The van der Waals surface area contributed by atoms with Crippen molar-refractivity contribution in [1.29, 1.82) is 0 Å². The molecule has 236 valence electrons. The van der Waals surface area contributed by atoms with Gasteiger partial charge in [0.1, 0.15) is 11.5 Å². The van der Waals surface area contributed by atoms with E-state index in [-0.39, 0.29) is 5.56 Å². The molecule has 0 saturated heterocycles. The number of nitrogens with zero attached hydrogens (tertiary/aromatic N) is 6. The molecule has 0 unspecified atom stereocenters. The molecule has 0 fully saturated rings. The molecule has 0 amide bonds. The topological polar surface area (TPSA) is 195 Å². The number of aryl methyl sites for hydroxylation is 2. The highest BCUT2D eigenvalue weighted by molar-refractivity contribution is 7.60. The van der Waals surface area contributed by atoms with Crippen molar-refractivity contribution in [2.75, 3.05) is 7.11 Å². The Kier molecular flexibility index (Phi) is 9.90. The number of phosphoric acid groups is 2. The molecule has 0 spiro atoms. The Morgan fingerprint density at radius 1 is 1.02 bits per heavy atom. The maximum atomic E-state index is 13.6. The van der Waals surface area contributed by atoms with Crippen LogP contribution in [0.5, 0.6) is 5.88 Å². The van der Waals surface area contributed by atoms with E-state index in [1.165, 1.54) is 12.1 Å². The fourth-order valence-corrected chi connectivity index (χ4v) is 5.64. The Morgan fingerprint density at radius 2 is 1.73 bits per heavy atom. The molecule has 44 heavy (non-hydrogen) atoms. The summed E-state index contributed by atoms with van der Waals surface area (Å²) in [7, 11) is -8.55. The predicted molar refractivity (Wildman–Crippen MR) is 149 cm³/mol. The summed E-state index contributed by atoms with van der Waals surface area (Å²) in [5, 5.41) is 4.51. The molecule has 0 bridgehead atoms. The van der Waals surface area contributed by atoms with Crippen molar-refractivity contribution in [3.8, 4) is 11.6 Å². The van der Waals surface area contributed by atoms with Crippen LogP contribution in [-0.4, -0.2) is 56.0 Å². The number of hydrogen-bond donors (Lipinski definition) is 4. The van der Waals surface area contributed by atoms with E-state index in [0.29, 0.717) is 36.2 Å². The molecule has 1 atom stereocenters. The van der Waals surface area contributed by atoms with Crippen LogP contribution in [0, 0.1) is 6.92 Å². The quantitative estimate of drug-likeness (QED) is 0.204. The Morgan fingerprint density at radius 3 is 2.32 bits per heavy atom. The highest BCUT2D eigenvalue weighted by Crippen LogP contribution is 2.53. The molecular formula is C25H27F3N6O8P2. The van der Waals surface area contributed by atoms with Crippen LogP contribution in [0.15, 0.2) is 48.9 Å². The number of imidazole rings is 1. The second-order valence-corrected chi connectivity index (χ2v) is 12.0. The molecule has 3 aromatic heterocycles. The summed E-state index contributed by atoms with van der Waals surface area (Å²) in [6, 6.07) is 9.42. The third-order valence-electron chi connectivity index (χ3n) is 6.19. The zero-order chi connectivity index (χ0) is 32.3. The number of pyridine rings is 1. The lowest BCUT2D eigenvalue weighted by Crippen LogP contribution is -2.21. The van der Waals surface area contributed by atoms with Gasteiger partial charge in [0.2, 0.25) is 5.88 Å². The van der Waals surface area contributed by atoms with E-state index in [4.69, 9.17) is 24.3 Å². The molecule has 14 nitrogen and oxygen atoms in total. The summed E-state index contributed by atoms with van der Waals surface area (Å²) in [6.07, 6.45) is 3.92. The highest BCUT2D eigenvalue weighted by atomic mass is 31.3. The van der Waals surface area contributed by atoms with Crippen molar-refractivity contribution in [3.05, 3.63) is 83.1 Å². The molecule has 0 radical (unpaired) electrons. The Bertz CT molecular complexity index is 1730. The lowest BCUT2D eigenvalue weighted by Gasteiger charge is -2.25. The number of ether oxygens (including phenoxy) is 1. The number of benzene rings is 1. The standard InChI is InChI=1S/C25H23F3N6O.H4O7P2/c1-16-14-33(15-29-16)21-11-9-17(30-24(21)35-2)10-12-22-31-23-19(7-5-13-34(23)32-22)18-6-3-4-8-20(18)25(26,27)28;1-8(2,3)7-9(4,5)6/h3-4,6,8-12,14-15,19H,5,7,13H2,1-2H3;(H2,1,2,3)(H2,4,5,6)/b12-10+;/t19-;/m0./s1. The molecule has 1 aromatic carbocycles. The average molecular weight is 658 g/mol. The molecule has 4 N–H and O–H groups in total. The molecule has 0 saturated carbocycles. The third-order valence-corrected chi connectivity index (χ3v) is 7.90. The number of aromatic nitrogens is 6. The van der Waals surface area contributed by atoms with Gasteiger partial charge in [0.15, 0.2) is 5.82 Å². The smallest absolute Gasteiger partial charge is 0.478 e. The second-order valence-electron chi connectivity index (χ2n) is 9.41. The number of hydrogen-bond acceptors (Lipinski definition) is 8. The monoisotopic (exact) mass is 658 g/mol. The summed E-state index contributed by atoms with van der Waals surface area (Å²) < 4.78 is 72.1. The maximum absolute atomic E-state index is 13.6. The molecule has 4 aromatic rings. The van der Waals surface area contributed by atoms with Crippen molar-refractivity contribution in [2.24, 2.45) is 0 Å². The molecule has 1 aliphatic rings. The van der Waals surface area contributed by atoms with E-state index in [1.54, 1.807) is 36.3 Å². The van der Waals surface area contributed by atoms with Crippen LogP contribution in [0.2, 0.25) is 0 Å². The minimum Gasteiger partial charge on any atom is -0.479 e. The summed E-state index contributed by atoms with van der Waals surface area (Å²) in [6.45, 7) is 2.52. The van der Waals surface area contributed by atoms with Gasteiger partial charge in [-0.2, -0.15) is 22.6 Å². The number of halogens is 3. The first-order valence-corrected chi connectivity index (χ1v) is 15.8. The van der Waals surface area contributed by atoms with Gasteiger partial charge in [-0.3, -0.25) is 0 Å². The van der Waals surface area contributed by atoms with Gasteiger partial charge < -0.3 is 28.9 Å². The van der Waals surface area contributed by atoms with Gasteiger partial charge in [-0.05, 0) is 55.7 Å². The predicted octanol–water partition coefficient (Wildman–Crippen LogP) is 4.48. The average Bonchev–Trinajstić information content (AvgIpc) is 3.55. The SMILES string of the molecule is COc1nc(/C=C/c2nc3n(n2)CCC[C@H]3c2ccccc2C(F)(F)F)ccc1-n1cnc(C)c1.O=P(O)(O)OP(=O)(O)O. The summed E-state index contributed by atoms with van der Waals surface area (Å²) in [4.78, 5) is 44.3. The van der Waals surface area contributed by atoms with Crippen molar-refractivity contribution in [3.63, 3.8) is 0 Å². The van der Waals surface area contributed by atoms with E-state index >= 15 is 0 Å². The molecule has 5 rings (SSSR count). The van der Waals surface area contributed by atoms with E-state index in [1.807, 2.05) is 29.8 Å². The minimum absolute atomic E-state index is 0.237. The fraction of sp³-hybridized carbons (Fsp3) is 0.280. The van der Waals surface area contributed by atoms with Crippen LogP contribution < -0.4 is 4.74 Å². The van der Waals surface area contributed by atoms with Crippen LogP contribution in [0.3, 0.4) is 0 Å². The zero-order valence-corrected chi connectivity index (χ0v) is 24.9. The summed E-state index contributed by atoms with van der Waals surface area (Å²) in [5.41, 5.74) is 1.88. The first-order valence-electron chi connectivity index (χ1n) is 12.7. The number of fused-ring (bicyclic) bond motifs is 1. The normalized spacial score (nSPS) is 15.5. The Labute approximate surface area is 248 Å². The molecular weight excluding hydrogens is 631 g/mol. The Balaban J connectivity index is 0.000000429. The van der Waals surface area contributed by atoms with Gasteiger partial charge in [-0.1, -0.05) is 18.2 Å². The van der Waals surface area contributed by atoms with E-state index < -0.39 is 33.3 Å². The lowest BCUT2D eigenvalue weighted by atomic mass is 9.88. The molecule has 4 heterocycles. The fourth-order valence-electron chi connectivity index (χ4n) is 4.53. The van der Waals surface area contributed by atoms with Crippen molar-refractivity contribution in [1.82, 2.24) is 29.3 Å². The van der Waals surface area contributed by atoms with E-state index in [0.717, 1.165) is 23.9 Å². The maximum Gasteiger partial charge on any atom is 0.478 e. The van der Waals surface area contributed by atoms with Crippen LogP contribution in [0.4, 0.5) is 13.2 Å². The third kappa shape index (κ3) is 8.70. The first kappa shape index (κ1) is 33.2. The van der Waals surface area contributed by atoms with Gasteiger partial charge in [0.25, 0.3) is 0 Å². The van der Waals surface area contributed by atoms with Crippen molar-refractivity contribution in [2.45, 2.75) is 38.4 Å². The molecule has 0 aliphatic carbocycles. The number of methoxy groups -OCH3 is 1. The van der Waals surface area contributed by atoms with Gasteiger partial charge in [-0.15, -0.1) is 0 Å². The summed E-state index contributed by atoms with van der Waals surface area (Å²) in [5.74, 6) is 0.938. The van der Waals surface area contributed by atoms with Crippen LogP contribution in [0.1, 0.15) is 52.9 Å². The Hall–Kier alpha value is -3.69. The van der Waals surface area contributed by atoms with Crippen LogP contribution >= 0.6 is 15.6 Å². The highest BCUT2D eigenvalue weighted by Gasteiger charge is 2.37. The number of alkyl halides is 3. The van der Waals surface area contributed by atoms with E-state index in [2.05, 4.69) is 24.4 Å². The molecule has 1 aliphatic heterocycles. The van der Waals surface area contributed by atoms with Crippen LogP contribution in [-0.2, 0) is 26.2 Å². The van der Waals surface area contributed by atoms with E-state index in [9.17, 15) is 22.3 Å². The first-order chi connectivity index (χ1) is 20.5. The largest absolute Gasteiger partial charge is 0.479 e. The van der Waals surface area contributed by atoms with Gasteiger partial charge in [0, 0.05) is 18.7 Å². The van der Waals surface area contributed by atoms with Crippen molar-refractivity contribution >= 4 is 27.8 Å². The molecule has 19 heteroatoms. The number of rotatable bonds is 7. The van der Waals surface area contributed by atoms with Crippen LogP contribution in [0.25, 0.3) is 17.8 Å². The summed E-state index contributed by atoms with van der Waals surface area (Å²) >= 11 is 0. The zero-order valence-electron chi connectivity index (χ0n) is 23.1. The second kappa shape index (κ2) is 13.1. The van der Waals surface area contributed by atoms with Gasteiger partial charge >= 0.3 is 21.8 Å². The van der Waals surface area contributed by atoms with Gasteiger partial charge in [-0.25, -0.2) is 28.8 Å². The lowest BCUT2D eigenvalue weighted by molar-refractivity contribution is -0.138. The van der Waals surface area contributed by atoms with Crippen molar-refractivity contribution < 1.29 is 50.9 Å². The van der Waals surface area contributed by atoms with Gasteiger partial charge in [0.05, 0.1) is 30.4 Å². The minimum atomic E-state index is -5.05.